The van der Waals surface area contributed by atoms with Crippen LogP contribution in [0.5, 0.6) is 11.6 Å². The maximum atomic E-state index is 11.7. The Hall–Kier alpha value is -2.30. The molecule has 2 rings (SSSR count). The fraction of sp³-hybridized carbons (Fsp3) is 0.231. The maximum absolute atomic E-state index is 11.7. The minimum absolute atomic E-state index is 0.252. The number of hydrogen-bond donors (Lipinski definition) is 1. The van der Waals surface area contributed by atoms with Gasteiger partial charge in [-0.15, -0.1) is 5.10 Å². The molecule has 1 aromatic carbocycles. The van der Waals surface area contributed by atoms with Crippen LogP contribution in [-0.2, 0) is 0 Å². The number of hydrogen-bond acceptors (Lipinski definition) is 3. The molecule has 0 spiro atoms. The molecule has 0 saturated carbocycles. The standard InChI is InChI=1S/C13H15N3O2/c1-3-14-13(17)16-10(2)9-12(15-16)18-11-7-5-4-6-8-11/h4-9H,3H2,1-2H3,(H,14,17). The normalized spacial score (nSPS) is 10.1. The zero-order valence-electron chi connectivity index (χ0n) is 10.4. The quantitative estimate of drug-likeness (QED) is 0.904. The van der Waals surface area contributed by atoms with Crippen molar-refractivity contribution in [2.45, 2.75) is 13.8 Å². The second-order valence-electron chi connectivity index (χ2n) is 3.79. The van der Waals surface area contributed by atoms with Crippen LogP contribution in [0.25, 0.3) is 0 Å². The smallest absolute Gasteiger partial charge is 0.342 e. The Bertz CT molecular complexity index is 534. The summed E-state index contributed by atoms with van der Waals surface area (Å²) in [5.41, 5.74) is 0.729. The van der Waals surface area contributed by atoms with Gasteiger partial charge in [-0.1, -0.05) is 18.2 Å². The number of rotatable bonds is 3. The van der Waals surface area contributed by atoms with Crippen LogP contribution in [0.4, 0.5) is 4.79 Å². The first-order valence-corrected chi connectivity index (χ1v) is 5.78. The second-order valence-corrected chi connectivity index (χ2v) is 3.79. The van der Waals surface area contributed by atoms with Gasteiger partial charge in [0.25, 0.3) is 0 Å². The fourth-order valence-electron chi connectivity index (χ4n) is 1.54. The van der Waals surface area contributed by atoms with Crippen molar-refractivity contribution in [3.05, 3.63) is 42.1 Å². The average Bonchev–Trinajstić information content (AvgIpc) is 2.72. The van der Waals surface area contributed by atoms with E-state index in [0.29, 0.717) is 18.2 Å². The van der Waals surface area contributed by atoms with E-state index in [2.05, 4.69) is 10.4 Å². The van der Waals surface area contributed by atoms with Gasteiger partial charge < -0.3 is 10.1 Å². The van der Waals surface area contributed by atoms with Gasteiger partial charge in [-0.3, -0.25) is 0 Å². The van der Waals surface area contributed by atoms with Gasteiger partial charge >= 0.3 is 6.03 Å². The molecule has 2 aromatic rings. The zero-order chi connectivity index (χ0) is 13.0. The number of nitrogens with zero attached hydrogens (tertiary/aromatic N) is 2. The summed E-state index contributed by atoms with van der Waals surface area (Å²) < 4.78 is 6.85. The Kier molecular flexibility index (Phi) is 3.62. The molecule has 0 aliphatic heterocycles. The summed E-state index contributed by atoms with van der Waals surface area (Å²) in [5, 5.41) is 6.79. The molecular formula is C13H15N3O2. The van der Waals surface area contributed by atoms with Crippen LogP contribution in [0.1, 0.15) is 12.6 Å². The van der Waals surface area contributed by atoms with Crippen LogP contribution >= 0.6 is 0 Å². The molecule has 5 nitrogen and oxygen atoms in total. The number of carbonyl (C=O) groups is 1. The highest BCUT2D eigenvalue weighted by atomic mass is 16.5. The lowest BCUT2D eigenvalue weighted by Crippen LogP contribution is -2.29. The van der Waals surface area contributed by atoms with Crippen LogP contribution in [0.15, 0.2) is 36.4 Å². The number of aryl methyl sites for hydroxylation is 1. The fourth-order valence-corrected chi connectivity index (χ4v) is 1.54. The van der Waals surface area contributed by atoms with Gasteiger partial charge in [0.15, 0.2) is 0 Å². The highest BCUT2D eigenvalue weighted by Gasteiger charge is 2.11. The average molecular weight is 245 g/mol. The van der Waals surface area contributed by atoms with Crippen LogP contribution in [0.2, 0.25) is 0 Å². The van der Waals surface area contributed by atoms with Gasteiger partial charge in [0, 0.05) is 12.6 Å². The highest BCUT2D eigenvalue weighted by Crippen LogP contribution is 2.20. The van der Waals surface area contributed by atoms with E-state index in [0.717, 1.165) is 5.69 Å². The van der Waals surface area contributed by atoms with E-state index in [1.54, 1.807) is 13.0 Å². The van der Waals surface area contributed by atoms with E-state index in [-0.39, 0.29) is 6.03 Å². The van der Waals surface area contributed by atoms with Crippen molar-refractivity contribution in [1.82, 2.24) is 15.1 Å². The van der Waals surface area contributed by atoms with Crippen molar-refractivity contribution in [1.29, 1.82) is 0 Å². The lowest BCUT2D eigenvalue weighted by Gasteiger charge is -2.03. The zero-order valence-corrected chi connectivity index (χ0v) is 10.4. The number of para-hydroxylation sites is 1. The number of ether oxygens (including phenoxy) is 1. The van der Waals surface area contributed by atoms with Gasteiger partial charge in [0.05, 0.1) is 5.69 Å². The molecule has 1 amide bonds. The summed E-state index contributed by atoms with van der Waals surface area (Å²) >= 11 is 0. The first-order valence-electron chi connectivity index (χ1n) is 5.78. The van der Waals surface area contributed by atoms with Crippen molar-refractivity contribution >= 4 is 6.03 Å². The molecule has 1 heterocycles. The molecule has 1 aromatic heterocycles. The summed E-state index contributed by atoms with van der Waals surface area (Å²) in [5.74, 6) is 1.10. The Morgan fingerprint density at radius 3 is 2.78 bits per heavy atom. The third-order valence-electron chi connectivity index (χ3n) is 2.35. The molecule has 0 aliphatic rings. The van der Waals surface area contributed by atoms with Gasteiger partial charge in [0.1, 0.15) is 5.75 Å². The summed E-state index contributed by atoms with van der Waals surface area (Å²) in [6.45, 7) is 4.23. The first kappa shape index (κ1) is 12.2. The predicted molar refractivity (Wildman–Crippen MR) is 68.0 cm³/mol. The number of amides is 1. The van der Waals surface area contributed by atoms with E-state index < -0.39 is 0 Å². The molecule has 0 radical (unpaired) electrons. The summed E-state index contributed by atoms with van der Waals surface area (Å²) in [4.78, 5) is 11.7. The van der Waals surface area contributed by atoms with Crippen LogP contribution in [0, 0.1) is 6.92 Å². The lowest BCUT2D eigenvalue weighted by molar-refractivity contribution is 0.239. The Morgan fingerprint density at radius 1 is 1.39 bits per heavy atom. The van der Waals surface area contributed by atoms with Gasteiger partial charge in [-0.2, -0.15) is 4.68 Å². The number of nitrogens with one attached hydrogen (secondary N) is 1. The van der Waals surface area contributed by atoms with Crippen molar-refractivity contribution in [2.24, 2.45) is 0 Å². The molecule has 0 atom stereocenters. The highest BCUT2D eigenvalue weighted by molar-refractivity contribution is 5.76. The monoisotopic (exact) mass is 245 g/mol. The number of benzene rings is 1. The van der Waals surface area contributed by atoms with Crippen molar-refractivity contribution in [3.63, 3.8) is 0 Å². The molecule has 5 heteroatoms. The predicted octanol–water partition coefficient (Wildman–Crippen LogP) is 2.56. The second kappa shape index (κ2) is 5.35. The maximum Gasteiger partial charge on any atom is 0.342 e. The molecule has 0 bridgehead atoms. The van der Waals surface area contributed by atoms with E-state index in [9.17, 15) is 4.79 Å². The molecule has 0 saturated heterocycles. The van der Waals surface area contributed by atoms with Crippen molar-refractivity contribution in [2.75, 3.05) is 6.54 Å². The number of carbonyl (C=O) groups excluding carboxylic acids is 1. The lowest BCUT2D eigenvalue weighted by atomic mass is 10.3. The third kappa shape index (κ3) is 2.68. The Balaban J connectivity index is 2.16. The van der Waals surface area contributed by atoms with E-state index in [1.807, 2.05) is 37.3 Å². The van der Waals surface area contributed by atoms with Crippen molar-refractivity contribution in [3.8, 4) is 11.6 Å². The molecule has 1 N–H and O–H groups in total. The topological polar surface area (TPSA) is 56.2 Å². The van der Waals surface area contributed by atoms with Gasteiger partial charge in [-0.05, 0) is 26.0 Å². The van der Waals surface area contributed by atoms with E-state index >= 15 is 0 Å². The molecule has 94 valence electrons. The SMILES string of the molecule is CCNC(=O)n1nc(Oc2ccccc2)cc1C. The molecule has 18 heavy (non-hydrogen) atoms. The van der Waals surface area contributed by atoms with E-state index in [4.69, 9.17) is 4.74 Å². The molecular weight excluding hydrogens is 230 g/mol. The summed E-state index contributed by atoms with van der Waals surface area (Å²) in [7, 11) is 0. The summed E-state index contributed by atoms with van der Waals surface area (Å²) in [6, 6.07) is 10.8. The van der Waals surface area contributed by atoms with Crippen LogP contribution in [0.3, 0.4) is 0 Å². The largest absolute Gasteiger partial charge is 0.438 e. The van der Waals surface area contributed by atoms with E-state index in [1.165, 1.54) is 4.68 Å². The molecule has 0 aliphatic carbocycles. The Morgan fingerprint density at radius 2 is 2.11 bits per heavy atom. The Labute approximate surface area is 105 Å². The van der Waals surface area contributed by atoms with Crippen LogP contribution < -0.4 is 10.1 Å². The molecule has 0 fully saturated rings. The van der Waals surface area contributed by atoms with Crippen LogP contribution in [-0.4, -0.2) is 22.4 Å². The molecule has 0 unspecified atom stereocenters. The number of aromatic nitrogens is 2. The minimum atomic E-state index is -0.252. The van der Waals surface area contributed by atoms with Crippen molar-refractivity contribution < 1.29 is 9.53 Å². The first-order chi connectivity index (χ1) is 8.70. The van der Waals surface area contributed by atoms with Gasteiger partial charge in [-0.25, -0.2) is 4.79 Å². The minimum Gasteiger partial charge on any atom is -0.438 e. The van der Waals surface area contributed by atoms with Gasteiger partial charge in [0.2, 0.25) is 5.88 Å². The third-order valence-corrected chi connectivity index (χ3v) is 2.35. The summed E-state index contributed by atoms with van der Waals surface area (Å²) in [6.07, 6.45) is 0.